The van der Waals surface area contributed by atoms with Crippen LogP contribution in [0.3, 0.4) is 0 Å². The van der Waals surface area contributed by atoms with Gasteiger partial charge in [-0.25, -0.2) is 4.98 Å². The van der Waals surface area contributed by atoms with Gasteiger partial charge in [0.05, 0.1) is 17.4 Å². The molecular formula is C15H23N3. The van der Waals surface area contributed by atoms with E-state index in [-0.39, 0.29) is 0 Å². The Hall–Kier alpha value is -1.35. The summed E-state index contributed by atoms with van der Waals surface area (Å²) in [6, 6.07) is 4.42. The fourth-order valence-corrected chi connectivity index (χ4v) is 2.27. The number of rotatable bonds is 6. The highest BCUT2D eigenvalue weighted by Gasteiger charge is 2.04. The molecule has 18 heavy (non-hydrogen) atoms. The fraction of sp³-hybridized carbons (Fsp3) is 0.533. The topological polar surface area (TPSA) is 43.8 Å². The van der Waals surface area contributed by atoms with E-state index in [9.17, 15) is 0 Å². The number of hydrogen-bond acceptors (Lipinski definition) is 2. The molecule has 0 aliphatic rings. The van der Waals surface area contributed by atoms with E-state index in [1.54, 1.807) is 0 Å². The zero-order valence-electron chi connectivity index (χ0n) is 11.4. The van der Waals surface area contributed by atoms with Gasteiger partial charge in [-0.05, 0) is 56.5 Å². The number of benzene rings is 1. The molecule has 0 spiro atoms. The molecule has 0 unspecified atom stereocenters. The number of aromatic nitrogens is 2. The van der Waals surface area contributed by atoms with Crippen molar-refractivity contribution in [2.75, 3.05) is 6.54 Å². The summed E-state index contributed by atoms with van der Waals surface area (Å²) in [5.41, 5.74) is 10.5. The first-order chi connectivity index (χ1) is 8.72. The van der Waals surface area contributed by atoms with Gasteiger partial charge in [0.15, 0.2) is 0 Å². The van der Waals surface area contributed by atoms with E-state index in [0.29, 0.717) is 0 Å². The monoisotopic (exact) mass is 245 g/mol. The highest BCUT2D eigenvalue weighted by atomic mass is 15.0. The van der Waals surface area contributed by atoms with Crippen LogP contribution in [0.1, 0.15) is 36.8 Å². The maximum Gasteiger partial charge on any atom is 0.0958 e. The van der Waals surface area contributed by atoms with Crippen LogP contribution in [0, 0.1) is 13.8 Å². The summed E-state index contributed by atoms with van der Waals surface area (Å²) in [5, 5.41) is 0. The minimum absolute atomic E-state index is 0.812. The number of hydrogen-bond donors (Lipinski definition) is 1. The molecule has 0 amide bonds. The second-order valence-corrected chi connectivity index (χ2v) is 5.07. The summed E-state index contributed by atoms with van der Waals surface area (Å²) in [6.45, 7) is 6.17. The second kappa shape index (κ2) is 6.01. The van der Waals surface area contributed by atoms with Crippen molar-refractivity contribution in [3.8, 4) is 0 Å². The van der Waals surface area contributed by atoms with Crippen molar-refractivity contribution in [1.82, 2.24) is 9.55 Å². The zero-order chi connectivity index (χ0) is 13.0. The van der Waals surface area contributed by atoms with Crippen LogP contribution in [-0.2, 0) is 6.54 Å². The predicted molar refractivity (Wildman–Crippen MR) is 76.7 cm³/mol. The Morgan fingerprint density at radius 1 is 1.06 bits per heavy atom. The van der Waals surface area contributed by atoms with Crippen LogP contribution in [-0.4, -0.2) is 16.1 Å². The molecule has 2 rings (SSSR count). The Morgan fingerprint density at radius 2 is 1.78 bits per heavy atom. The molecule has 0 bridgehead atoms. The molecule has 0 saturated carbocycles. The molecule has 2 aromatic rings. The summed E-state index contributed by atoms with van der Waals surface area (Å²) < 4.78 is 2.27. The fourth-order valence-electron chi connectivity index (χ4n) is 2.27. The molecule has 1 aromatic heterocycles. The molecule has 0 radical (unpaired) electrons. The summed E-state index contributed by atoms with van der Waals surface area (Å²) >= 11 is 0. The Kier molecular flexibility index (Phi) is 4.37. The molecule has 2 N–H and O–H groups in total. The van der Waals surface area contributed by atoms with Crippen LogP contribution in [0.2, 0.25) is 0 Å². The van der Waals surface area contributed by atoms with Crippen molar-refractivity contribution in [3.63, 3.8) is 0 Å². The Morgan fingerprint density at radius 3 is 2.56 bits per heavy atom. The SMILES string of the molecule is Cc1cc2ncn(CCCCCCN)c2cc1C. The van der Waals surface area contributed by atoms with Crippen LogP contribution >= 0.6 is 0 Å². The van der Waals surface area contributed by atoms with Crippen LogP contribution in [0.25, 0.3) is 11.0 Å². The maximum atomic E-state index is 5.50. The van der Waals surface area contributed by atoms with Gasteiger partial charge in [0, 0.05) is 6.54 Å². The number of fused-ring (bicyclic) bond motifs is 1. The number of aryl methyl sites for hydroxylation is 3. The standard InChI is InChI=1S/C15H23N3/c1-12-9-14-15(10-13(12)2)18(11-17-14)8-6-4-3-5-7-16/h9-11H,3-8,16H2,1-2H3. The van der Waals surface area contributed by atoms with Gasteiger partial charge in [-0.2, -0.15) is 0 Å². The molecule has 98 valence electrons. The first-order valence-electron chi connectivity index (χ1n) is 6.84. The molecular weight excluding hydrogens is 222 g/mol. The number of nitrogens with two attached hydrogens (primary N) is 1. The third kappa shape index (κ3) is 2.91. The van der Waals surface area contributed by atoms with E-state index in [4.69, 9.17) is 5.73 Å². The van der Waals surface area contributed by atoms with Crippen molar-refractivity contribution in [1.29, 1.82) is 0 Å². The van der Waals surface area contributed by atoms with Crippen molar-refractivity contribution < 1.29 is 0 Å². The highest BCUT2D eigenvalue weighted by Crippen LogP contribution is 2.18. The maximum absolute atomic E-state index is 5.50. The number of nitrogens with zero attached hydrogens (tertiary/aromatic N) is 2. The Bertz CT molecular complexity index is 514. The van der Waals surface area contributed by atoms with Crippen molar-refractivity contribution >= 4 is 11.0 Å². The van der Waals surface area contributed by atoms with Gasteiger partial charge < -0.3 is 10.3 Å². The predicted octanol–water partition coefficient (Wildman–Crippen LogP) is 3.17. The summed E-state index contributed by atoms with van der Waals surface area (Å²) in [4.78, 5) is 4.48. The van der Waals surface area contributed by atoms with Crippen LogP contribution in [0.4, 0.5) is 0 Å². The van der Waals surface area contributed by atoms with Crippen LogP contribution in [0.15, 0.2) is 18.5 Å². The molecule has 0 aliphatic carbocycles. The van der Waals surface area contributed by atoms with Gasteiger partial charge in [-0.3, -0.25) is 0 Å². The lowest BCUT2D eigenvalue weighted by molar-refractivity contribution is 0.582. The summed E-state index contributed by atoms with van der Waals surface area (Å²) in [6.07, 6.45) is 6.80. The van der Waals surface area contributed by atoms with Crippen molar-refractivity contribution in [2.45, 2.75) is 46.1 Å². The molecule has 3 heteroatoms. The lowest BCUT2D eigenvalue weighted by Crippen LogP contribution is -1.99. The second-order valence-electron chi connectivity index (χ2n) is 5.07. The third-order valence-electron chi connectivity index (χ3n) is 3.59. The van der Waals surface area contributed by atoms with E-state index in [1.807, 2.05) is 6.33 Å². The van der Waals surface area contributed by atoms with E-state index >= 15 is 0 Å². The smallest absolute Gasteiger partial charge is 0.0958 e. The van der Waals surface area contributed by atoms with Crippen molar-refractivity contribution in [3.05, 3.63) is 29.6 Å². The molecule has 1 aromatic carbocycles. The number of unbranched alkanes of at least 4 members (excludes halogenated alkanes) is 3. The zero-order valence-corrected chi connectivity index (χ0v) is 11.4. The van der Waals surface area contributed by atoms with E-state index < -0.39 is 0 Å². The minimum atomic E-state index is 0.812. The van der Waals surface area contributed by atoms with Crippen LogP contribution < -0.4 is 5.73 Å². The Balaban J connectivity index is 2.03. The average Bonchev–Trinajstić information content (AvgIpc) is 2.72. The lowest BCUT2D eigenvalue weighted by atomic mass is 10.1. The normalized spacial score (nSPS) is 11.3. The summed E-state index contributed by atoms with van der Waals surface area (Å²) in [7, 11) is 0. The van der Waals surface area contributed by atoms with E-state index in [0.717, 1.165) is 25.0 Å². The summed E-state index contributed by atoms with van der Waals surface area (Å²) in [5.74, 6) is 0. The first-order valence-corrected chi connectivity index (χ1v) is 6.84. The van der Waals surface area contributed by atoms with Gasteiger partial charge in [-0.15, -0.1) is 0 Å². The average molecular weight is 245 g/mol. The number of imidazole rings is 1. The van der Waals surface area contributed by atoms with Gasteiger partial charge in [0.25, 0.3) is 0 Å². The van der Waals surface area contributed by atoms with Crippen LogP contribution in [0.5, 0.6) is 0 Å². The molecule has 0 aliphatic heterocycles. The lowest BCUT2D eigenvalue weighted by Gasteiger charge is -2.06. The molecule has 1 heterocycles. The third-order valence-corrected chi connectivity index (χ3v) is 3.59. The van der Waals surface area contributed by atoms with Gasteiger partial charge >= 0.3 is 0 Å². The first kappa shape index (κ1) is 13.1. The molecule has 0 saturated heterocycles. The molecule has 0 atom stereocenters. The van der Waals surface area contributed by atoms with E-state index in [1.165, 1.54) is 35.9 Å². The largest absolute Gasteiger partial charge is 0.331 e. The van der Waals surface area contributed by atoms with Gasteiger partial charge in [0.2, 0.25) is 0 Å². The van der Waals surface area contributed by atoms with E-state index in [2.05, 4.69) is 35.5 Å². The van der Waals surface area contributed by atoms with Crippen molar-refractivity contribution in [2.24, 2.45) is 5.73 Å². The van der Waals surface area contributed by atoms with Gasteiger partial charge in [0.1, 0.15) is 0 Å². The molecule has 0 fully saturated rings. The molecule has 3 nitrogen and oxygen atoms in total. The quantitative estimate of drug-likeness (QED) is 0.794. The Labute approximate surface area is 109 Å². The van der Waals surface area contributed by atoms with Gasteiger partial charge in [-0.1, -0.05) is 12.8 Å². The minimum Gasteiger partial charge on any atom is -0.331 e. The highest BCUT2D eigenvalue weighted by molar-refractivity contribution is 5.77.